The SMILES string of the molecule is CCCc1ccc(C2(N)CCC(F)(F)CC2)s1. The number of nitrogens with two attached hydrogens (primary N) is 1. The summed E-state index contributed by atoms with van der Waals surface area (Å²) in [5.74, 6) is -2.51. The van der Waals surface area contributed by atoms with E-state index in [2.05, 4.69) is 13.0 Å². The molecular formula is C13H19F2NS. The molecule has 1 nitrogen and oxygen atoms in total. The van der Waals surface area contributed by atoms with Crippen molar-refractivity contribution >= 4 is 11.3 Å². The molecule has 1 heterocycles. The highest BCUT2D eigenvalue weighted by molar-refractivity contribution is 7.12. The van der Waals surface area contributed by atoms with Crippen LogP contribution >= 0.6 is 11.3 Å². The molecule has 2 rings (SSSR count). The Hall–Kier alpha value is -0.480. The number of hydrogen-bond acceptors (Lipinski definition) is 2. The maximum atomic E-state index is 13.1. The van der Waals surface area contributed by atoms with E-state index in [-0.39, 0.29) is 12.8 Å². The van der Waals surface area contributed by atoms with Crippen molar-refractivity contribution in [2.75, 3.05) is 0 Å². The lowest BCUT2D eigenvalue weighted by Gasteiger charge is -2.36. The summed E-state index contributed by atoms with van der Waals surface area (Å²) in [7, 11) is 0. The zero-order valence-corrected chi connectivity index (χ0v) is 11.0. The lowest BCUT2D eigenvalue weighted by atomic mass is 9.80. The first-order valence-corrected chi connectivity index (χ1v) is 7.03. The van der Waals surface area contributed by atoms with Crippen LogP contribution in [0.5, 0.6) is 0 Å². The Morgan fingerprint density at radius 3 is 2.47 bits per heavy atom. The summed E-state index contributed by atoms with van der Waals surface area (Å²) in [4.78, 5) is 2.39. The smallest absolute Gasteiger partial charge is 0.248 e. The van der Waals surface area contributed by atoms with Crippen LogP contribution < -0.4 is 5.73 Å². The van der Waals surface area contributed by atoms with Crippen molar-refractivity contribution in [2.24, 2.45) is 5.73 Å². The molecule has 1 aliphatic carbocycles. The fourth-order valence-electron chi connectivity index (χ4n) is 2.33. The molecule has 0 radical (unpaired) electrons. The van der Waals surface area contributed by atoms with Gasteiger partial charge in [0.05, 0.1) is 5.54 Å². The van der Waals surface area contributed by atoms with E-state index in [9.17, 15) is 8.78 Å². The Morgan fingerprint density at radius 2 is 1.88 bits per heavy atom. The van der Waals surface area contributed by atoms with Crippen molar-refractivity contribution in [1.82, 2.24) is 0 Å². The van der Waals surface area contributed by atoms with Crippen molar-refractivity contribution in [1.29, 1.82) is 0 Å². The van der Waals surface area contributed by atoms with Gasteiger partial charge in [-0.3, -0.25) is 0 Å². The van der Waals surface area contributed by atoms with E-state index in [0.717, 1.165) is 17.7 Å². The van der Waals surface area contributed by atoms with Gasteiger partial charge in [0.15, 0.2) is 0 Å². The Balaban J connectivity index is 2.10. The van der Waals surface area contributed by atoms with E-state index in [4.69, 9.17) is 5.73 Å². The molecular weight excluding hydrogens is 240 g/mol. The molecule has 1 aromatic rings. The minimum Gasteiger partial charge on any atom is -0.321 e. The van der Waals surface area contributed by atoms with Gasteiger partial charge in [-0.15, -0.1) is 11.3 Å². The van der Waals surface area contributed by atoms with E-state index in [1.165, 1.54) is 4.88 Å². The molecule has 4 heteroatoms. The Kier molecular flexibility index (Phi) is 3.55. The van der Waals surface area contributed by atoms with Gasteiger partial charge in [-0.05, 0) is 31.4 Å². The first kappa shape index (κ1) is 13.0. The fraction of sp³-hybridized carbons (Fsp3) is 0.692. The second kappa shape index (κ2) is 4.65. The highest BCUT2D eigenvalue weighted by Crippen LogP contribution is 2.44. The molecule has 0 bridgehead atoms. The fourth-order valence-corrected chi connectivity index (χ4v) is 3.60. The van der Waals surface area contributed by atoms with Crippen LogP contribution in [-0.2, 0) is 12.0 Å². The first-order chi connectivity index (χ1) is 7.95. The maximum absolute atomic E-state index is 13.1. The van der Waals surface area contributed by atoms with Crippen molar-refractivity contribution < 1.29 is 8.78 Å². The van der Waals surface area contributed by atoms with Gasteiger partial charge >= 0.3 is 0 Å². The van der Waals surface area contributed by atoms with E-state index in [1.807, 2.05) is 6.07 Å². The molecule has 0 unspecified atom stereocenters. The quantitative estimate of drug-likeness (QED) is 0.870. The molecule has 2 N–H and O–H groups in total. The van der Waals surface area contributed by atoms with Crippen LogP contribution in [0.25, 0.3) is 0 Å². The van der Waals surface area contributed by atoms with Crippen LogP contribution in [0.1, 0.15) is 48.8 Å². The van der Waals surface area contributed by atoms with E-state index in [1.54, 1.807) is 11.3 Å². The molecule has 17 heavy (non-hydrogen) atoms. The van der Waals surface area contributed by atoms with Gasteiger partial charge in [-0.25, -0.2) is 8.78 Å². The largest absolute Gasteiger partial charge is 0.321 e. The van der Waals surface area contributed by atoms with Crippen molar-refractivity contribution in [3.8, 4) is 0 Å². The lowest BCUT2D eigenvalue weighted by Crippen LogP contribution is -2.42. The van der Waals surface area contributed by atoms with Gasteiger partial charge in [0.2, 0.25) is 5.92 Å². The minimum atomic E-state index is -2.51. The molecule has 0 aliphatic heterocycles. The molecule has 1 saturated carbocycles. The summed E-state index contributed by atoms with van der Waals surface area (Å²) in [6, 6.07) is 4.12. The van der Waals surface area contributed by atoms with Crippen molar-refractivity contribution in [3.05, 3.63) is 21.9 Å². The monoisotopic (exact) mass is 259 g/mol. The number of aryl methyl sites for hydroxylation is 1. The number of alkyl halides is 2. The van der Waals surface area contributed by atoms with Gasteiger partial charge < -0.3 is 5.73 Å². The average molecular weight is 259 g/mol. The molecule has 0 amide bonds. The Bertz CT molecular complexity index is 377. The first-order valence-electron chi connectivity index (χ1n) is 6.21. The molecule has 96 valence electrons. The standard InChI is InChI=1S/C13H19F2NS/c1-2-3-10-4-5-11(17-10)12(16)6-8-13(14,15)9-7-12/h4-5H,2-3,6-9,16H2,1H3. The third kappa shape index (κ3) is 2.86. The highest BCUT2D eigenvalue weighted by Gasteiger charge is 2.42. The topological polar surface area (TPSA) is 26.0 Å². The Labute approximate surface area is 105 Å². The van der Waals surface area contributed by atoms with E-state index < -0.39 is 11.5 Å². The van der Waals surface area contributed by atoms with Crippen LogP contribution in [0.2, 0.25) is 0 Å². The predicted octanol–water partition coefficient (Wildman–Crippen LogP) is 4.06. The molecule has 1 fully saturated rings. The lowest BCUT2D eigenvalue weighted by molar-refractivity contribution is -0.0509. The summed E-state index contributed by atoms with van der Waals surface area (Å²) < 4.78 is 26.3. The number of hydrogen-bond donors (Lipinski definition) is 1. The van der Waals surface area contributed by atoms with Crippen LogP contribution in [0.4, 0.5) is 8.78 Å². The van der Waals surface area contributed by atoms with Gasteiger partial charge in [-0.1, -0.05) is 13.3 Å². The van der Waals surface area contributed by atoms with E-state index >= 15 is 0 Å². The number of rotatable bonds is 3. The molecule has 0 aromatic carbocycles. The van der Waals surface area contributed by atoms with Crippen LogP contribution in [0.15, 0.2) is 12.1 Å². The van der Waals surface area contributed by atoms with Gasteiger partial charge in [0.25, 0.3) is 0 Å². The molecule has 1 aromatic heterocycles. The molecule has 0 saturated heterocycles. The Morgan fingerprint density at radius 1 is 1.24 bits per heavy atom. The number of halogens is 2. The highest BCUT2D eigenvalue weighted by atomic mass is 32.1. The third-order valence-corrected chi connectivity index (χ3v) is 4.89. The molecule has 1 aliphatic rings. The molecule has 0 spiro atoms. The summed E-state index contributed by atoms with van der Waals surface area (Å²) in [6.45, 7) is 2.14. The van der Waals surface area contributed by atoms with E-state index in [0.29, 0.717) is 12.8 Å². The normalized spacial score (nSPS) is 22.6. The zero-order valence-electron chi connectivity index (χ0n) is 10.1. The van der Waals surface area contributed by atoms with Gasteiger partial charge in [0, 0.05) is 22.6 Å². The second-order valence-electron chi connectivity index (χ2n) is 5.03. The van der Waals surface area contributed by atoms with Gasteiger partial charge in [-0.2, -0.15) is 0 Å². The van der Waals surface area contributed by atoms with Gasteiger partial charge in [0.1, 0.15) is 0 Å². The predicted molar refractivity (Wildman–Crippen MR) is 67.6 cm³/mol. The van der Waals surface area contributed by atoms with Crippen LogP contribution in [-0.4, -0.2) is 5.92 Å². The number of thiophene rings is 1. The second-order valence-corrected chi connectivity index (χ2v) is 6.20. The molecule has 0 atom stereocenters. The summed E-state index contributed by atoms with van der Waals surface area (Å²) >= 11 is 1.69. The minimum absolute atomic E-state index is 0.0789. The summed E-state index contributed by atoms with van der Waals surface area (Å²) in [6.07, 6.45) is 2.79. The van der Waals surface area contributed by atoms with Crippen LogP contribution in [0.3, 0.4) is 0 Å². The van der Waals surface area contributed by atoms with Crippen molar-refractivity contribution in [2.45, 2.75) is 56.9 Å². The average Bonchev–Trinajstić information content (AvgIpc) is 2.73. The zero-order chi connectivity index (χ0) is 12.5. The third-order valence-electron chi connectivity index (χ3n) is 3.52. The van der Waals surface area contributed by atoms with Crippen LogP contribution in [0, 0.1) is 0 Å². The summed E-state index contributed by atoms with van der Waals surface area (Å²) in [5.41, 5.74) is 5.77. The van der Waals surface area contributed by atoms with Crippen molar-refractivity contribution in [3.63, 3.8) is 0 Å². The summed E-state index contributed by atoms with van der Waals surface area (Å²) in [5, 5.41) is 0. The maximum Gasteiger partial charge on any atom is 0.248 e.